The highest BCUT2D eigenvalue weighted by Gasteiger charge is 2.03. The molecule has 4 nitrogen and oxygen atoms in total. The lowest BCUT2D eigenvalue weighted by Crippen LogP contribution is -2.25. The van der Waals surface area contributed by atoms with Gasteiger partial charge in [-0.3, -0.25) is 0 Å². The van der Waals surface area contributed by atoms with Crippen molar-refractivity contribution >= 4 is 17.9 Å². The minimum absolute atomic E-state index is 0.356. The predicted molar refractivity (Wildman–Crippen MR) is 63.2 cm³/mol. The van der Waals surface area contributed by atoms with Crippen molar-refractivity contribution in [1.29, 1.82) is 0 Å². The average molecular weight is 235 g/mol. The Labute approximate surface area is 96.3 Å². The van der Waals surface area contributed by atoms with Crippen LogP contribution < -0.4 is 0 Å². The van der Waals surface area contributed by atoms with Gasteiger partial charge in [0.2, 0.25) is 0 Å². The molecular weight excluding hydrogens is 214 g/mol. The molecule has 0 aliphatic heterocycles. The predicted octanol–water partition coefficient (Wildman–Crippen LogP) is 2.19. The molecule has 0 spiro atoms. The van der Waals surface area contributed by atoms with Gasteiger partial charge in [-0.25, -0.2) is 4.79 Å². The third-order valence-electron chi connectivity index (χ3n) is 2.03. The molecule has 15 heavy (non-hydrogen) atoms. The van der Waals surface area contributed by atoms with Gasteiger partial charge >= 0.3 is 6.16 Å². The lowest BCUT2D eigenvalue weighted by atomic mass is 10.4. The third-order valence-corrected chi connectivity index (χ3v) is 2.38. The van der Waals surface area contributed by atoms with E-state index < -0.39 is 6.16 Å². The van der Waals surface area contributed by atoms with Gasteiger partial charge in [0.1, 0.15) is 5.94 Å². The highest BCUT2D eigenvalue weighted by Crippen LogP contribution is 1.96. The van der Waals surface area contributed by atoms with Gasteiger partial charge in [-0.05, 0) is 25.8 Å². The fraction of sp³-hybridized carbons (Fsp3) is 0.900. The molecule has 0 aromatic rings. The second-order valence-corrected chi connectivity index (χ2v) is 3.84. The second kappa shape index (κ2) is 10.1. The highest BCUT2D eigenvalue weighted by atomic mass is 32.2. The van der Waals surface area contributed by atoms with Crippen LogP contribution in [0.1, 0.15) is 20.3 Å². The fourth-order valence-corrected chi connectivity index (χ4v) is 1.35. The van der Waals surface area contributed by atoms with Crippen molar-refractivity contribution in [1.82, 2.24) is 4.90 Å². The monoisotopic (exact) mass is 235 g/mol. The van der Waals surface area contributed by atoms with Crippen LogP contribution in [-0.4, -0.2) is 49.5 Å². The van der Waals surface area contributed by atoms with Crippen LogP contribution >= 0.6 is 11.8 Å². The van der Waals surface area contributed by atoms with Gasteiger partial charge < -0.3 is 14.4 Å². The molecule has 0 N–H and O–H groups in total. The molecule has 0 unspecified atom stereocenters. The summed E-state index contributed by atoms with van der Waals surface area (Å²) in [7, 11) is 0. The molecule has 0 aliphatic rings. The Morgan fingerprint density at radius 3 is 2.47 bits per heavy atom. The van der Waals surface area contributed by atoms with E-state index in [1.165, 1.54) is 11.8 Å². The summed E-state index contributed by atoms with van der Waals surface area (Å²) in [6.07, 6.45) is 2.16. The number of hydrogen-bond acceptors (Lipinski definition) is 5. The summed E-state index contributed by atoms with van der Waals surface area (Å²) in [6, 6.07) is 0. The lowest BCUT2D eigenvalue weighted by molar-refractivity contribution is 0.0656. The van der Waals surface area contributed by atoms with Crippen LogP contribution in [0.4, 0.5) is 4.79 Å². The summed E-state index contributed by atoms with van der Waals surface area (Å²) in [5.41, 5.74) is 0. The first-order valence-corrected chi connectivity index (χ1v) is 6.64. The molecule has 0 saturated heterocycles. The summed E-state index contributed by atoms with van der Waals surface area (Å²) in [5, 5.41) is 0. The van der Waals surface area contributed by atoms with Crippen LogP contribution in [0.3, 0.4) is 0 Å². The zero-order valence-electron chi connectivity index (χ0n) is 9.82. The highest BCUT2D eigenvalue weighted by molar-refractivity contribution is 7.98. The Hall–Kier alpha value is -0.420. The summed E-state index contributed by atoms with van der Waals surface area (Å²) in [6.45, 7) is 7.71. The van der Waals surface area contributed by atoms with Crippen molar-refractivity contribution in [3.05, 3.63) is 0 Å². The Morgan fingerprint density at radius 2 is 1.93 bits per heavy atom. The van der Waals surface area contributed by atoms with Crippen LogP contribution in [-0.2, 0) is 9.47 Å². The summed E-state index contributed by atoms with van der Waals surface area (Å²) in [5.74, 6) is 0.356. The maximum absolute atomic E-state index is 10.9. The molecule has 0 bridgehead atoms. The summed E-state index contributed by atoms with van der Waals surface area (Å²) < 4.78 is 9.62. The Kier molecular flexibility index (Phi) is 9.83. The van der Waals surface area contributed by atoms with E-state index in [9.17, 15) is 4.79 Å². The van der Waals surface area contributed by atoms with E-state index >= 15 is 0 Å². The molecule has 0 rings (SSSR count). The van der Waals surface area contributed by atoms with Gasteiger partial charge in [0.15, 0.2) is 0 Å². The minimum Gasteiger partial charge on any atom is -0.434 e. The summed E-state index contributed by atoms with van der Waals surface area (Å²) >= 11 is 1.45. The standard InChI is InChI=1S/C10H21NO3S/c1-4-11(5-2)7-6-8-13-10(12)14-9-15-3/h4-9H2,1-3H3. The molecule has 0 aromatic heterocycles. The maximum atomic E-state index is 10.9. The van der Waals surface area contributed by atoms with Gasteiger partial charge in [-0.15, -0.1) is 11.8 Å². The Bertz CT molecular complexity index is 163. The molecule has 0 heterocycles. The van der Waals surface area contributed by atoms with Crippen molar-refractivity contribution in [2.75, 3.05) is 38.4 Å². The van der Waals surface area contributed by atoms with Crippen LogP contribution in [0.5, 0.6) is 0 Å². The van der Waals surface area contributed by atoms with Crippen molar-refractivity contribution in [2.45, 2.75) is 20.3 Å². The van der Waals surface area contributed by atoms with Gasteiger partial charge in [0.05, 0.1) is 6.61 Å². The smallest absolute Gasteiger partial charge is 0.434 e. The van der Waals surface area contributed by atoms with E-state index in [0.717, 1.165) is 26.1 Å². The maximum Gasteiger partial charge on any atom is 0.509 e. The van der Waals surface area contributed by atoms with Crippen molar-refractivity contribution < 1.29 is 14.3 Å². The van der Waals surface area contributed by atoms with Gasteiger partial charge in [-0.1, -0.05) is 13.8 Å². The molecule has 0 atom stereocenters. The molecule has 0 saturated carbocycles. The van der Waals surface area contributed by atoms with E-state index in [0.29, 0.717) is 12.5 Å². The van der Waals surface area contributed by atoms with Gasteiger partial charge in [0, 0.05) is 6.54 Å². The van der Waals surface area contributed by atoms with Crippen molar-refractivity contribution in [2.24, 2.45) is 0 Å². The number of carbonyl (C=O) groups excluding carboxylic acids is 1. The first kappa shape index (κ1) is 14.6. The Balaban J connectivity index is 3.33. The van der Waals surface area contributed by atoms with Crippen LogP contribution in [0.2, 0.25) is 0 Å². The van der Waals surface area contributed by atoms with Crippen molar-refractivity contribution in [3.8, 4) is 0 Å². The molecule has 0 amide bonds. The number of hydrogen-bond donors (Lipinski definition) is 0. The molecule has 5 heteroatoms. The first-order valence-electron chi connectivity index (χ1n) is 5.25. The topological polar surface area (TPSA) is 38.8 Å². The normalized spacial score (nSPS) is 10.4. The van der Waals surface area contributed by atoms with Crippen molar-refractivity contribution in [3.63, 3.8) is 0 Å². The van der Waals surface area contributed by atoms with Crippen LogP contribution in [0.15, 0.2) is 0 Å². The van der Waals surface area contributed by atoms with Gasteiger partial charge in [0.25, 0.3) is 0 Å². The van der Waals surface area contributed by atoms with Crippen LogP contribution in [0.25, 0.3) is 0 Å². The number of thioether (sulfide) groups is 1. The fourth-order valence-electron chi connectivity index (χ4n) is 1.13. The molecule has 0 aromatic carbocycles. The van der Waals surface area contributed by atoms with E-state index in [2.05, 4.69) is 18.7 Å². The quantitative estimate of drug-likeness (QED) is 0.366. The molecule has 0 radical (unpaired) electrons. The molecular formula is C10H21NO3S. The van der Waals surface area contributed by atoms with Crippen LogP contribution in [0, 0.1) is 0 Å². The molecule has 0 fully saturated rings. The zero-order chi connectivity index (χ0) is 11.5. The number of rotatable bonds is 8. The number of carbonyl (C=O) groups is 1. The largest absolute Gasteiger partial charge is 0.509 e. The minimum atomic E-state index is -0.566. The second-order valence-electron chi connectivity index (χ2n) is 3.03. The Morgan fingerprint density at radius 1 is 1.27 bits per heavy atom. The number of ether oxygens (including phenoxy) is 2. The number of nitrogens with zero attached hydrogens (tertiary/aromatic N) is 1. The van der Waals surface area contributed by atoms with E-state index in [4.69, 9.17) is 9.47 Å². The SMILES string of the molecule is CCN(CC)CCCOC(=O)OCSC. The molecule has 90 valence electrons. The zero-order valence-corrected chi connectivity index (χ0v) is 10.6. The first-order chi connectivity index (χ1) is 7.24. The summed E-state index contributed by atoms with van der Waals surface area (Å²) in [4.78, 5) is 13.2. The van der Waals surface area contributed by atoms with Gasteiger partial charge in [-0.2, -0.15) is 0 Å². The lowest BCUT2D eigenvalue weighted by Gasteiger charge is -2.17. The average Bonchev–Trinajstić information content (AvgIpc) is 2.26. The van der Waals surface area contributed by atoms with E-state index in [1.807, 2.05) is 6.26 Å². The van der Waals surface area contributed by atoms with E-state index in [1.54, 1.807) is 0 Å². The third kappa shape index (κ3) is 8.57. The van der Waals surface area contributed by atoms with E-state index in [-0.39, 0.29) is 0 Å². The molecule has 0 aliphatic carbocycles.